The minimum absolute atomic E-state index is 0.228. The van der Waals surface area contributed by atoms with Crippen LogP contribution in [0.1, 0.15) is 0 Å². The van der Waals surface area contributed by atoms with Gasteiger partial charge in [-0.15, -0.1) is 5.10 Å². The van der Waals surface area contributed by atoms with E-state index >= 15 is 0 Å². The minimum Gasteiger partial charge on any atom is -0.492 e. The van der Waals surface area contributed by atoms with Crippen molar-refractivity contribution in [2.45, 2.75) is 0 Å². The summed E-state index contributed by atoms with van der Waals surface area (Å²) in [6.07, 6.45) is 4.87. The summed E-state index contributed by atoms with van der Waals surface area (Å²) < 4.78 is 6.51. The smallest absolute Gasteiger partial charge is 0.275 e. The quantitative estimate of drug-likeness (QED) is 0.512. The number of furan rings is 1. The third kappa shape index (κ3) is 2.11. The van der Waals surface area contributed by atoms with Crippen LogP contribution in [-0.4, -0.2) is 24.7 Å². The van der Waals surface area contributed by atoms with Gasteiger partial charge < -0.3 is 14.5 Å². The molecule has 0 amide bonds. The fraction of sp³-hybridized carbons (Fsp3) is 0. The molecule has 7 nitrogen and oxygen atoms in total. The zero-order chi connectivity index (χ0) is 17.7. The Hall–Kier alpha value is -3.87. The first-order valence-corrected chi connectivity index (χ1v) is 7.94. The predicted octanol–water partition coefficient (Wildman–Crippen LogP) is 3.20. The molecule has 0 radical (unpaired) electrons. The lowest BCUT2D eigenvalue weighted by atomic mass is 10.1. The van der Waals surface area contributed by atoms with E-state index in [9.17, 15) is 9.90 Å². The number of hydrogen-bond acceptors (Lipinski definition) is 5. The van der Waals surface area contributed by atoms with E-state index in [4.69, 9.17) is 4.42 Å². The Kier molecular flexibility index (Phi) is 2.96. The summed E-state index contributed by atoms with van der Waals surface area (Å²) in [5.41, 5.74) is 3.39. The lowest BCUT2D eigenvalue weighted by Gasteiger charge is -2.05. The molecule has 7 heteroatoms. The van der Waals surface area contributed by atoms with Crippen LogP contribution in [-0.2, 0) is 0 Å². The Morgan fingerprint density at radius 3 is 2.88 bits per heavy atom. The second kappa shape index (κ2) is 5.32. The van der Waals surface area contributed by atoms with Crippen molar-refractivity contribution in [2.24, 2.45) is 0 Å². The van der Waals surface area contributed by atoms with Crippen molar-refractivity contribution in [3.63, 3.8) is 0 Å². The molecule has 5 rings (SSSR count). The first-order chi connectivity index (χ1) is 12.7. The van der Waals surface area contributed by atoms with Crippen molar-refractivity contribution in [2.75, 3.05) is 0 Å². The Morgan fingerprint density at radius 1 is 1.12 bits per heavy atom. The Balaban J connectivity index is 1.79. The van der Waals surface area contributed by atoms with Crippen LogP contribution >= 0.6 is 0 Å². The first-order valence-electron chi connectivity index (χ1n) is 7.94. The van der Waals surface area contributed by atoms with Crippen molar-refractivity contribution < 1.29 is 9.52 Å². The summed E-state index contributed by atoms with van der Waals surface area (Å²) in [6, 6.07) is 12.5. The van der Waals surface area contributed by atoms with Crippen LogP contribution < -0.4 is 5.56 Å². The van der Waals surface area contributed by atoms with E-state index < -0.39 is 0 Å². The third-order valence-electron chi connectivity index (χ3n) is 4.31. The highest BCUT2D eigenvalue weighted by molar-refractivity contribution is 5.85. The molecule has 126 valence electrons. The number of fused-ring (bicyclic) bond motifs is 2. The maximum Gasteiger partial charge on any atom is 0.275 e. The highest BCUT2D eigenvalue weighted by Gasteiger charge is 2.17. The second-order valence-electron chi connectivity index (χ2n) is 5.90. The van der Waals surface area contributed by atoms with E-state index in [1.165, 1.54) is 6.07 Å². The molecule has 4 heterocycles. The second-order valence-corrected chi connectivity index (χ2v) is 5.90. The first kappa shape index (κ1) is 14.5. The molecule has 2 N–H and O–H groups in total. The number of benzene rings is 1. The molecule has 1 aromatic carbocycles. The van der Waals surface area contributed by atoms with E-state index in [0.717, 1.165) is 21.0 Å². The van der Waals surface area contributed by atoms with Crippen LogP contribution in [0.25, 0.3) is 39.0 Å². The Bertz CT molecular complexity index is 1320. The lowest BCUT2D eigenvalue weighted by Crippen LogP contribution is -2.14. The number of aromatic nitrogens is 4. The molecule has 0 aliphatic carbocycles. The lowest BCUT2D eigenvalue weighted by molar-refractivity contribution is 0.450. The van der Waals surface area contributed by atoms with Gasteiger partial charge in [0.05, 0.1) is 17.5 Å². The molecule has 0 bridgehead atoms. The number of nitrogens with one attached hydrogen (secondary N) is 1. The Labute approximate surface area is 146 Å². The van der Waals surface area contributed by atoms with Crippen LogP contribution in [0.3, 0.4) is 0 Å². The number of aromatic amines is 1. The fourth-order valence-corrected chi connectivity index (χ4v) is 3.10. The van der Waals surface area contributed by atoms with Gasteiger partial charge in [-0.25, -0.2) is 0 Å². The molecule has 0 aliphatic rings. The molecule has 4 aromatic heterocycles. The maximum atomic E-state index is 12.5. The van der Waals surface area contributed by atoms with E-state index in [-0.39, 0.29) is 11.4 Å². The van der Waals surface area contributed by atoms with Gasteiger partial charge in [0.1, 0.15) is 11.2 Å². The van der Waals surface area contributed by atoms with Gasteiger partial charge in [0.15, 0.2) is 0 Å². The average Bonchev–Trinajstić information content (AvgIpc) is 3.25. The van der Waals surface area contributed by atoms with E-state index in [0.29, 0.717) is 22.5 Å². The molecule has 0 unspecified atom stereocenters. The summed E-state index contributed by atoms with van der Waals surface area (Å²) in [5.74, 6) is -0.228. The molecular formula is C19H12N4O3. The summed E-state index contributed by atoms with van der Waals surface area (Å²) in [4.78, 5) is 19.8. The number of nitrogens with zero attached hydrogens (tertiary/aromatic N) is 3. The van der Waals surface area contributed by atoms with Crippen LogP contribution in [0.5, 0.6) is 5.88 Å². The normalized spacial score (nSPS) is 11.4. The summed E-state index contributed by atoms with van der Waals surface area (Å²) in [5, 5.41) is 15.1. The van der Waals surface area contributed by atoms with Gasteiger partial charge in [-0.3, -0.25) is 9.78 Å². The predicted molar refractivity (Wildman–Crippen MR) is 95.9 cm³/mol. The summed E-state index contributed by atoms with van der Waals surface area (Å²) in [7, 11) is 0. The zero-order valence-corrected chi connectivity index (χ0v) is 13.4. The van der Waals surface area contributed by atoms with Gasteiger partial charge in [-0.2, -0.15) is 4.52 Å². The van der Waals surface area contributed by atoms with Gasteiger partial charge in [-0.05, 0) is 35.9 Å². The maximum absolute atomic E-state index is 12.5. The Morgan fingerprint density at radius 2 is 2.04 bits per heavy atom. The van der Waals surface area contributed by atoms with Crippen molar-refractivity contribution in [1.82, 2.24) is 19.6 Å². The summed E-state index contributed by atoms with van der Waals surface area (Å²) in [6.45, 7) is 0. The van der Waals surface area contributed by atoms with Crippen molar-refractivity contribution in [1.29, 1.82) is 0 Å². The molecule has 5 aromatic rings. The molecular weight excluding hydrogens is 332 g/mol. The SMILES string of the molecule is O=c1cc(-c2ccc3occc3c2)[nH]c2c(-c3cccnc3)c(O)nn12. The van der Waals surface area contributed by atoms with Crippen molar-refractivity contribution in [3.05, 3.63) is 71.5 Å². The van der Waals surface area contributed by atoms with Crippen molar-refractivity contribution >= 4 is 16.6 Å². The minimum atomic E-state index is -0.341. The molecule has 0 saturated carbocycles. The van der Waals surface area contributed by atoms with Crippen LogP contribution in [0.15, 0.2) is 70.3 Å². The van der Waals surface area contributed by atoms with Crippen molar-refractivity contribution in [3.8, 4) is 28.3 Å². The summed E-state index contributed by atoms with van der Waals surface area (Å²) >= 11 is 0. The number of pyridine rings is 1. The molecule has 0 fully saturated rings. The fourth-order valence-electron chi connectivity index (χ4n) is 3.10. The standard InChI is InChI=1S/C19H12N4O3/c24-16-9-14(11-3-4-15-12(8-11)5-7-26-15)21-18-17(19(25)22-23(16)18)13-2-1-6-20-10-13/h1-10,21H,(H,22,25). The van der Waals surface area contributed by atoms with E-state index in [1.807, 2.05) is 24.3 Å². The van der Waals surface area contributed by atoms with E-state index in [2.05, 4.69) is 15.1 Å². The molecule has 26 heavy (non-hydrogen) atoms. The van der Waals surface area contributed by atoms with Gasteiger partial charge in [0.2, 0.25) is 5.88 Å². The number of aromatic hydroxyl groups is 1. The number of rotatable bonds is 2. The van der Waals surface area contributed by atoms with Gasteiger partial charge in [0, 0.05) is 29.4 Å². The molecule has 0 atom stereocenters. The van der Waals surface area contributed by atoms with Gasteiger partial charge in [-0.1, -0.05) is 6.07 Å². The van der Waals surface area contributed by atoms with Gasteiger partial charge >= 0.3 is 0 Å². The van der Waals surface area contributed by atoms with Crippen LogP contribution in [0, 0.1) is 0 Å². The zero-order valence-electron chi connectivity index (χ0n) is 13.4. The van der Waals surface area contributed by atoms with E-state index in [1.54, 1.807) is 30.8 Å². The molecule has 0 spiro atoms. The third-order valence-corrected chi connectivity index (χ3v) is 4.31. The topological polar surface area (TPSA) is 96.4 Å². The molecule has 0 aliphatic heterocycles. The largest absolute Gasteiger partial charge is 0.492 e. The number of hydrogen-bond donors (Lipinski definition) is 2. The monoisotopic (exact) mass is 344 g/mol. The molecule has 0 saturated heterocycles. The highest BCUT2D eigenvalue weighted by Crippen LogP contribution is 2.32. The number of H-pyrrole nitrogens is 1. The average molecular weight is 344 g/mol. The van der Waals surface area contributed by atoms with Gasteiger partial charge in [0.25, 0.3) is 5.56 Å². The highest BCUT2D eigenvalue weighted by atomic mass is 16.3. The van der Waals surface area contributed by atoms with Crippen LogP contribution in [0.4, 0.5) is 0 Å². The van der Waals surface area contributed by atoms with Crippen LogP contribution in [0.2, 0.25) is 0 Å².